The van der Waals surface area contributed by atoms with Crippen LogP contribution in [0.5, 0.6) is 0 Å². The smallest absolute Gasteiger partial charge is 0.0294 e. The Morgan fingerprint density at radius 3 is 2.20 bits per heavy atom. The lowest BCUT2D eigenvalue weighted by molar-refractivity contribution is 0.193. The third-order valence-electron chi connectivity index (χ3n) is 3.71. The zero-order valence-corrected chi connectivity index (χ0v) is 7.41. The van der Waals surface area contributed by atoms with Crippen molar-refractivity contribution in [2.45, 2.75) is 46.5 Å². The van der Waals surface area contributed by atoms with Crippen molar-refractivity contribution in [1.29, 1.82) is 0 Å². The highest BCUT2D eigenvalue weighted by Gasteiger charge is 2.54. The Hall–Kier alpha value is 0. The van der Waals surface area contributed by atoms with Gasteiger partial charge in [-0.25, -0.2) is 0 Å². The van der Waals surface area contributed by atoms with E-state index < -0.39 is 0 Å². The Kier molecular flexibility index (Phi) is 1.07. The van der Waals surface area contributed by atoms with Gasteiger partial charge in [-0.05, 0) is 42.4 Å². The average Bonchev–Trinajstić information content (AvgIpc) is 2.39. The Labute approximate surface area is 64.0 Å². The van der Waals surface area contributed by atoms with Gasteiger partial charge in [0.2, 0.25) is 0 Å². The number of fused-ring (bicyclic) bond motifs is 1. The molecule has 0 aromatic rings. The van der Waals surface area contributed by atoms with Crippen LogP contribution in [0.1, 0.15) is 46.5 Å². The summed E-state index contributed by atoms with van der Waals surface area (Å²) < 4.78 is 0. The molecule has 0 aromatic heterocycles. The number of rotatable bonds is 0. The van der Waals surface area contributed by atoms with Crippen molar-refractivity contribution in [1.82, 2.24) is 0 Å². The second kappa shape index (κ2) is 1.60. The molecular formula is C10H18. The molecule has 2 aliphatic carbocycles. The van der Waals surface area contributed by atoms with Crippen LogP contribution in [0.2, 0.25) is 0 Å². The van der Waals surface area contributed by atoms with Gasteiger partial charge in [-0.2, -0.15) is 0 Å². The summed E-state index contributed by atoms with van der Waals surface area (Å²) in [5, 5.41) is 0. The van der Waals surface area contributed by atoms with Gasteiger partial charge < -0.3 is 0 Å². The van der Waals surface area contributed by atoms with Crippen molar-refractivity contribution in [3.05, 3.63) is 0 Å². The Balaban J connectivity index is 2.05. The third-order valence-corrected chi connectivity index (χ3v) is 3.71. The van der Waals surface area contributed by atoms with Gasteiger partial charge in [0.05, 0.1) is 0 Å². The molecule has 2 atom stereocenters. The lowest BCUT2D eigenvalue weighted by atomic mass is 9.74. The quantitative estimate of drug-likeness (QED) is 0.482. The van der Waals surface area contributed by atoms with E-state index in [1.165, 1.54) is 25.7 Å². The minimum Gasteiger partial charge on any atom is -0.0599 e. The molecule has 2 aliphatic rings. The predicted octanol–water partition coefficient (Wildman–Crippen LogP) is 3.22. The van der Waals surface area contributed by atoms with Gasteiger partial charge in [0, 0.05) is 0 Å². The highest BCUT2D eigenvalue weighted by atomic mass is 14.6. The third kappa shape index (κ3) is 0.889. The molecule has 0 nitrogen and oxygen atoms in total. The van der Waals surface area contributed by atoms with Crippen LogP contribution in [0.4, 0.5) is 0 Å². The molecule has 0 saturated heterocycles. The molecule has 0 bridgehead atoms. The van der Waals surface area contributed by atoms with Gasteiger partial charge in [-0.3, -0.25) is 0 Å². The molecule has 0 heterocycles. The molecule has 10 heavy (non-hydrogen) atoms. The van der Waals surface area contributed by atoms with Crippen molar-refractivity contribution in [3.63, 3.8) is 0 Å². The molecule has 2 unspecified atom stereocenters. The maximum atomic E-state index is 2.47. The monoisotopic (exact) mass is 138 g/mol. The lowest BCUT2D eigenvalue weighted by Gasteiger charge is -2.32. The summed E-state index contributed by atoms with van der Waals surface area (Å²) in [5.41, 5.74) is 1.47. The highest BCUT2D eigenvalue weighted by molar-refractivity contribution is 5.04. The summed E-state index contributed by atoms with van der Waals surface area (Å²) in [5.74, 6) is 1.09. The largest absolute Gasteiger partial charge is 0.0599 e. The summed E-state index contributed by atoms with van der Waals surface area (Å²) in [6.45, 7) is 7.31. The fourth-order valence-corrected chi connectivity index (χ4v) is 2.52. The highest BCUT2D eigenvalue weighted by Crippen LogP contribution is 2.64. The topological polar surface area (TPSA) is 0 Å². The summed E-state index contributed by atoms with van der Waals surface area (Å²) in [7, 11) is 0. The maximum absolute atomic E-state index is 2.47. The molecule has 58 valence electrons. The van der Waals surface area contributed by atoms with E-state index in [0.29, 0.717) is 5.41 Å². The first-order valence-corrected chi connectivity index (χ1v) is 4.52. The van der Waals surface area contributed by atoms with Gasteiger partial charge in [0.15, 0.2) is 0 Å². The Morgan fingerprint density at radius 1 is 1.00 bits per heavy atom. The van der Waals surface area contributed by atoms with Crippen molar-refractivity contribution in [3.8, 4) is 0 Å². The second-order valence-electron chi connectivity index (χ2n) is 5.42. The van der Waals surface area contributed by atoms with E-state index in [0.717, 1.165) is 11.3 Å². The van der Waals surface area contributed by atoms with Crippen molar-refractivity contribution in [2.75, 3.05) is 0 Å². The van der Waals surface area contributed by atoms with E-state index in [1.54, 1.807) is 0 Å². The summed E-state index contributed by atoms with van der Waals surface area (Å²) in [4.78, 5) is 0. The summed E-state index contributed by atoms with van der Waals surface area (Å²) >= 11 is 0. The van der Waals surface area contributed by atoms with Crippen molar-refractivity contribution in [2.24, 2.45) is 16.7 Å². The van der Waals surface area contributed by atoms with E-state index in [2.05, 4.69) is 20.8 Å². The van der Waals surface area contributed by atoms with Gasteiger partial charge in [0.25, 0.3) is 0 Å². The molecule has 0 spiro atoms. The number of hydrogen-bond acceptors (Lipinski definition) is 0. The van der Waals surface area contributed by atoms with Gasteiger partial charge in [0.1, 0.15) is 0 Å². The van der Waals surface area contributed by atoms with E-state index in [-0.39, 0.29) is 0 Å². The van der Waals surface area contributed by atoms with E-state index in [9.17, 15) is 0 Å². The van der Waals surface area contributed by atoms with Crippen LogP contribution in [0.3, 0.4) is 0 Å². The zero-order chi connectivity index (χ0) is 7.41. The van der Waals surface area contributed by atoms with E-state index >= 15 is 0 Å². The van der Waals surface area contributed by atoms with Gasteiger partial charge >= 0.3 is 0 Å². The molecule has 0 amide bonds. The van der Waals surface area contributed by atoms with Crippen LogP contribution in [-0.4, -0.2) is 0 Å². The van der Waals surface area contributed by atoms with Gasteiger partial charge in [-0.15, -0.1) is 0 Å². The van der Waals surface area contributed by atoms with E-state index in [1.807, 2.05) is 0 Å². The Morgan fingerprint density at radius 2 is 1.70 bits per heavy atom. The molecule has 2 saturated carbocycles. The van der Waals surface area contributed by atoms with Crippen LogP contribution < -0.4 is 0 Å². The molecule has 2 rings (SSSR count). The fraction of sp³-hybridized carbons (Fsp3) is 1.00. The normalized spacial score (nSPS) is 50.1. The van der Waals surface area contributed by atoms with Crippen molar-refractivity contribution < 1.29 is 0 Å². The first-order chi connectivity index (χ1) is 4.52. The molecule has 0 heteroatoms. The molecule has 0 aromatic carbocycles. The first-order valence-electron chi connectivity index (χ1n) is 4.52. The van der Waals surface area contributed by atoms with Crippen LogP contribution in [0, 0.1) is 16.7 Å². The molecule has 2 fully saturated rings. The van der Waals surface area contributed by atoms with Crippen LogP contribution in [0.15, 0.2) is 0 Å². The number of hydrogen-bond donors (Lipinski definition) is 0. The Bertz CT molecular complexity index is 157. The zero-order valence-electron chi connectivity index (χ0n) is 7.41. The second-order valence-corrected chi connectivity index (χ2v) is 5.42. The average molecular weight is 138 g/mol. The predicted molar refractivity (Wildman–Crippen MR) is 43.8 cm³/mol. The standard InChI is InChI=1S/C10H18/c1-9(2)4-5-10(3)7-8(10)6-9/h8H,4-7H2,1-3H3. The van der Waals surface area contributed by atoms with Gasteiger partial charge in [-0.1, -0.05) is 20.8 Å². The van der Waals surface area contributed by atoms with E-state index in [4.69, 9.17) is 0 Å². The molecule has 0 radical (unpaired) electrons. The first kappa shape index (κ1) is 6.69. The molecule has 0 aliphatic heterocycles. The van der Waals surface area contributed by atoms with Crippen molar-refractivity contribution >= 4 is 0 Å². The van der Waals surface area contributed by atoms with Crippen LogP contribution >= 0.6 is 0 Å². The molecule has 0 N–H and O–H groups in total. The van der Waals surface area contributed by atoms with Crippen LogP contribution in [0.25, 0.3) is 0 Å². The summed E-state index contributed by atoms with van der Waals surface area (Å²) in [6, 6.07) is 0. The van der Waals surface area contributed by atoms with Crippen LogP contribution in [-0.2, 0) is 0 Å². The maximum Gasteiger partial charge on any atom is -0.0294 e. The fourth-order valence-electron chi connectivity index (χ4n) is 2.52. The minimum absolute atomic E-state index is 0.667. The summed E-state index contributed by atoms with van der Waals surface area (Å²) in [6.07, 6.45) is 5.96. The minimum atomic E-state index is 0.667. The molecular weight excluding hydrogens is 120 g/mol. The SMILES string of the molecule is CC1(C)CCC2(C)CC2C1. The lowest BCUT2D eigenvalue weighted by Crippen LogP contribution is -2.20.